The second-order valence-electron chi connectivity index (χ2n) is 4.76. The van der Waals surface area contributed by atoms with E-state index in [1.807, 2.05) is 30.3 Å². The summed E-state index contributed by atoms with van der Waals surface area (Å²) in [6, 6.07) is 14.0. The number of hydrogen-bond acceptors (Lipinski definition) is 3. The largest absolute Gasteiger partial charge is 0.508 e. The fourth-order valence-electron chi connectivity index (χ4n) is 2.16. The summed E-state index contributed by atoms with van der Waals surface area (Å²) in [6.45, 7) is 2.39. The van der Waals surface area contributed by atoms with E-state index in [0.29, 0.717) is 31.7 Å². The Bertz CT molecular complexity index is 545. The third-order valence-electron chi connectivity index (χ3n) is 3.13. The van der Waals surface area contributed by atoms with Gasteiger partial charge in [-0.05, 0) is 23.8 Å². The molecule has 106 valence electrons. The van der Waals surface area contributed by atoms with E-state index in [1.54, 1.807) is 0 Å². The second kappa shape index (κ2) is 7.03. The summed E-state index contributed by atoms with van der Waals surface area (Å²) in [5.74, 6) is -0.230. The lowest BCUT2D eigenvalue weighted by molar-refractivity contribution is 0.260. The first-order valence-corrected chi connectivity index (χ1v) is 6.63. The molecule has 3 N–H and O–H groups in total. The zero-order valence-electron chi connectivity index (χ0n) is 11.3. The van der Waals surface area contributed by atoms with Gasteiger partial charge in [-0.2, -0.15) is 0 Å². The molecule has 20 heavy (non-hydrogen) atoms. The quantitative estimate of drug-likeness (QED) is 0.851. The van der Waals surface area contributed by atoms with Crippen LogP contribution in [0.3, 0.4) is 0 Å². The molecule has 3 nitrogen and oxygen atoms in total. The minimum Gasteiger partial charge on any atom is -0.508 e. The van der Waals surface area contributed by atoms with Crippen LogP contribution in [0.4, 0.5) is 4.39 Å². The molecule has 0 amide bonds. The summed E-state index contributed by atoms with van der Waals surface area (Å²) < 4.78 is 13.3. The molecule has 0 saturated carbocycles. The zero-order chi connectivity index (χ0) is 14.4. The van der Waals surface area contributed by atoms with Crippen LogP contribution in [-0.4, -0.2) is 23.1 Å². The van der Waals surface area contributed by atoms with Crippen molar-refractivity contribution in [2.75, 3.05) is 13.1 Å². The number of aromatic hydroxyl groups is 1. The van der Waals surface area contributed by atoms with Crippen LogP contribution in [0, 0.1) is 5.82 Å². The molecule has 0 aromatic heterocycles. The van der Waals surface area contributed by atoms with Crippen molar-refractivity contribution in [1.29, 1.82) is 0 Å². The summed E-state index contributed by atoms with van der Waals surface area (Å²) >= 11 is 0. The van der Waals surface area contributed by atoms with Gasteiger partial charge in [-0.25, -0.2) is 4.39 Å². The number of hydrogen-bond donors (Lipinski definition) is 2. The highest BCUT2D eigenvalue weighted by Gasteiger charge is 2.10. The van der Waals surface area contributed by atoms with Gasteiger partial charge >= 0.3 is 0 Å². The molecule has 0 radical (unpaired) electrons. The molecule has 0 atom stereocenters. The number of halogens is 1. The highest BCUT2D eigenvalue weighted by Crippen LogP contribution is 2.20. The van der Waals surface area contributed by atoms with Crippen LogP contribution in [0.25, 0.3) is 0 Å². The topological polar surface area (TPSA) is 49.5 Å². The Morgan fingerprint density at radius 1 is 1.05 bits per heavy atom. The third kappa shape index (κ3) is 4.05. The molecule has 0 aliphatic carbocycles. The van der Waals surface area contributed by atoms with E-state index in [0.717, 1.165) is 5.56 Å². The molecule has 0 heterocycles. The normalized spacial score (nSPS) is 10.9. The van der Waals surface area contributed by atoms with Gasteiger partial charge in [0.2, 0.25) is 0 Å². The molecule has 0 saturated heterocycles. The van der Waals surface area contributed by atoms with Gasteiger partial charge in [-0.15, -0.1) is 0 Å². The molecule has 2 aromatic rings. The van der Waals surface area contributed by atoms with Gasteiger partial charge in [-0.3, -0.25) is 4.90 Å². The molecule has 0 fully saturated rings. The van der Waals surface area contributed by atoms with E-state index in [4.69, 9.17) is 5.73 Å². The maximum Gasteiger partial charge on any atom is 0.123 e. The molecule has 0 aliphatic heterocycles. The molecule has 4 heteroatoms. The van der Waals surface area contributed by atoms with E-state index in [-0.39, 0.29) is 11.6 Å². The molecule has 0 unspecified atom stereocenters. The summed E-state index contributed by atoms with van der Waals surface area (Å²) in [5.41, 5.74) is 7.37. The van der Waals surface area contributed by atoms with E-state index < -0.39 is 0 Å². The van der Waals surface area contributed by atoms with Gasteiger partial charge in [0.05, 0.1) is 0 Å². The van der Waals surface area contributed by atoms with Crippen LogP contribution in [0.1, 0.15) is 11.1 Å². The maximum atomic E-state index is 13.3. The highest BCUT2D eigenvalue weighted by atomic mass is 19.1. The average Bonchev–Trinajstić information content (AvgIpc) is 2.44. The van der Waals surface area contributed by atoms with E-state index >= 15 is 0 Å². The molecule has 0 spiro atoms. The van der Waals surface area contributed by atoms with Crippen LogP contribution in [0.15, 0.2) is 48.5 Å². The average molecular weight is 274 g/mol. The Morgan fingerprint density at radius 3 is 2.50 bits per heavy atom. The molecular weight excluding hydrogens is 255 g/mol. The van der Waals surface area contributed by atoms with Crippen molar-refractivity contribution in [3.63, 3.8) is 0 Å². The SMILES string of the molecule is NCCN(Cc1ccccc1)Cc1cc(F)ccc1O. The first kappa shape index (κ1) is 14.5. The Labute approximate surface area is 118 Å². The number of rotatable bonds is 6. The lowest BCUT2D eigenvalue weighted by atomic mass is 10.1. The minimum atomic E-state index is -0.342. The van der Waals surface area contributed by atoms with Crippen molar-refractivity contribution in [2.24, 2.45) is 5.73 Å². The summed E-state index contributed by atoms with van der Waals surface area (Å²) in [4.78, 5) is 2.09. The standard InChI is InChI=1S/C16H19FN2O/c17-15-6-7-16(20)14(10-15)12-19(9-8-18)11-13-4-2-1-3-5-13/h1-7,10,20H,8-9,11-12,18H2. The first-order valence-electron chi connectivity index (χ1n) is 6.63. The van der Waals surface area contributed by atoms with Crippen molar-refractivity contribution in [2.45, 2.75) is 13.1 Å². The number of phenolic OH excluding ortho intramolecular Hbond substituents is 1. The number of phenols is 1. The van der Waals surface area contributed by atoms with Crippen molar-refractivity contribution in [3.8, 4) is 5.75 Å². The highest BCUT2D eigenvalue weighted by molar-refractivity contribution is 5.32. The molecule has 2 aromatic carbocycles. The smallest absolute Gasteiger partial charge is 0.123 e. The van der Waals surface area contributed by atoms with Crippen molar-refractivity contribution >= 4 is 0 Å². The predicted molar refractivity (Wildman–Crippen MR) is 77.7 cm³/mol. The van der Waals surface area contributed by atoms with E-state index in [2.05, 4.69) is 4.90 Å². The Hall–Kier alpha value is -1.91. The molecular formula is C16H19FN2O. The van der Waals surface area contributed by atoms with Gasteiger partial charge in [0.25, 0.3) is 0 Å². The van der Waals surface area contributed by atoms with E-state index in [1.165, 1.54) is 18.2 Å². The van der Waals surface area contributed by atoms with Gasteiger partial charge in [-0.1, -0.05) is 30.3 Å². The number of nitrogens with zero attached hydrogens (tertiary/aromatic N) is 1. The van der Waals surface area contributed by atoms with E-state index in [9.17, 15) is 9.50 Å². The lowest BCUT2D eigenvalue weighted by Crippen LogP contribution is -2.28. The zero-order valence-corrected chi connectivity index (χ0v) is 11.3. The van der Waals surface area contributed by atoms with Crippen LogP contribution < -0.4 is 5.73 Å². The van der Waals surface area contributed by atoms with Crippen LogP contribution in [0.5, 0.6) is 5.75 Å². The van der Waals surface area contributed by atoms with Crippen LogP contribution >= 0.6 is 0 Å². The first-order chi connectivity index (χ1) is 9.69. The Kier molecular flexibility index (Phi) is 5.09. The van der Waals surface area contributed by atoms with Gasteiger partial charge < -0.3 is 10.8 Å². The summed E-state index contributed by atoms with van der Waals surface area (Å²) in [5, 5.41) is 9.79. The monoisotopic (exact) mass is 274 g/mol. The lowest BCUT2D eigenvalue weighted by Gasteiger charge is -2.22. The minimum absolute atomic E-state index is 0.112. The Morgan fingerprint density at radius 2 is 1.80 bits per heavy atom. The van der Waals surface area contributed by atoms with Crippen LogP contribution in [-0.2, 0) is 13.1 Å². The van der Waals surface area contributed by atoms with Gasteiger partial charge in [0, 0.05) is 31.7 Å². The fraction of sp³-hybridized carbons (Fsp3) is 0.250. The number of benzene rings is 2. The molecule has 0 aliphatic rings. The summed E-state index contributed by atoms with van der Waals surface area (Å²) in [7, 11) is 0. The predicted octanol–water partition coefficient (Wildman–Crippen LogP) is 2.49. The van der Waals surface area contributed by atoms with Crippen molar-refractivity contribution < 1.29 is 9.50 Å². The van der Waals surface area contributed by atoms with Gasteiger partial charge in [0.15, 0.2) is 0 Å². The van der Waals surface area contributed by atoms with Crippen molar-refractivity contribution in [1.82, 2.24) is 4.90 Å². The Balaban J connectivity index is 2.11. The summed E-state index contributed by atoms with van der Waals surface area (Å²) in [6.07, 6.45) is 0. The number of nitrogens with two attached hydrogens (primary N) is 1. The van der Waals surface area contributed by atoms with Gasteiger partial charge in [0.1, 0.15) is 11.6 Å². The third-order valence-corrected chi connectivity index (χ3v) is 3.13. The van der Waals surface area contributed by atoms with Crippen LogP contribution in [0.2, 0.25) is 0 Å². The molecule has 2 rings (SSSR count). The molecule has 0 bridgehead atoms. The fourth-order valence-corrected chi connectivity index (χ4v) is 2.16. The van der Waals surface area contributed by atoms with Crippen molar-refractivity contribution in [3.05, 3.63) is 65.5 Å². The maximum absolute atomic E-state index is 13.3. The second-order valence-corrected chi connectivity index (χ2v) is 4.76.